The molecule has 106 valence electrons. The molecule has 0 spiro atoms. The Morgan fingerprint density at radius 2 is 2.21 bits per heavy atom. The third-order valence-corrected chi connectivity index (χ3v) is 3.98. The first-order valence-electron chi connectivity index (χ1n) is 7.20. The number of nitrogens with one attached hydrogen (secondary N) is 1. The first-order chi connectivity index (χ1) is 9.16. The van der Waals surface area contributed by atoms with Gasteiger partial charge in [-0.2, -0.15) is 0 Å². The van der Waals surface area contributed by atoms with Crippen LogP contribution in [0.1, 0.15) is 50.8 Å². The maximum Gasteiger partial charge on any atom is 0.234 e. The Morgan fingerprint density at radius 3 is 2.84 bits per heavy atom. The van der Waals surface area contributed by atoms with Crippen LogP contribution in [-0.2, 0) is 4.79 Å². The van der Waals surface area contributed by atoms with Gasteiger partial charge in [-0.1, -0.05) is 19.3 Å². The molecular weight excluding hydrogens is 240 g/mol. The van der Waals surface area contributed by atoms with E-state index in [0.717, 1.165) is 18.6 Å². The molecule has 1 heterocycles. The molecule has 4 heteroatoms. The molecule has 1 aliphatic carbocycles. The highest BCUT2D eigenvalue weighted by Crippen LogP contribution is 2.19. The minimum Gasteiger partial charge on any atom is -0.468 e. The number of nitrogens with zero attached hydrogens (tertiary/aromatic N) is 1. The van der Waals surface area contributed by atoms with Gasteiger partial charge in [-0.05, 0) is 38.9 Å². The van der Waals surface area contributed by atoms with Gasteiger partial charge in [0.2, 0.25) is 5.91 Å². The van der Waals surface area contributed by atoms with Crippen molar-refractivity contribution in [3.63, 3.8) is 0 Å². The first kappa shape index (κ1) is 14.1. The van der Waals surface area contributed by atoms with Crippen molar-refractivity contribution in [2.75, 3.05) is 13.6 Å². The Balaban J connectivity index is 1.77. The van der Waals surface area contributed by atoms with Crippen LogP contribution < -0.4 is 5.32 Å². The average molecular weight is 264 g/mol. The molecule has 0 bridgehead atoms. The van der Waals surface area contributed by atoms with E-state index in [4.69, 9.17) is 4.42 Å². The molecule has 1 aromatic heterocycles. The molecular formula is C15H24N2O2. The van der Waals surface area contributed by atoms with E-state index in [1.807, 2.05) is 31.0 Å². The lowest BCUT2D eigenvalue weighted by Gasteiger charge is -2.26. The zero-order chi connectivity index (χ0) is 13.7. The minimum absolute atomic E-state index is 0.118. The summed E-state index contributed by atoms with van der Waals surface area (Å²) in [4.78, 5) is 14.0. The lowest BCUT2D eigenvalue weighted by Crippen LogP contribution is -2.42. The van der Waals surface area contributed by atoms with Gasteiger partial charge in [0.15, 0.2) is 0 Å². The number of amides is 1. The molecule has 0 saturated heterocycles. The Morgan fingerprint density at radius 1 is 1.47 bits per heavy atom. The second-order valence-corrected chi connectivity index (χ2v) is 5.51. The van der Waals surface area contributed by atoms with Crippen molar-refractivity contribution in [2.45, 2.75) is 51.1 Å². The SMILES string of the molecule is CC(c1ccco1)N(C)CC(=O)NC1CCCCC1. The largest absolute Gasteiger partial charge is 0.468 e. The predicted octanol–water partition coefficient (Wildman–Crippen LogP) is 2.72. The number of carbonyl (C=O) groups is 1. The molecule has 1 atom stereocenters. The number of likely N-dealkylation sites (N-methyl/N-ethyl adjacent to an activating group) is 1. The zero-order valence-electron chi connectivity index (χ0n) is 11.9. The molecule has 1 N–H and O–H groups in total. The fraction of sp³-hybridized carbons (Fsp3) is 0.667. The molecule has 19 heavy (non-hydrogen) atoms. The van der Waals surface area contributed by atoms with Crippen LogP contribution in [0.15, 0.2) is 22.8 Å². The molecule has 4 nitrogen and oxygen atoms in total. The van der Waals surface area contributed by atoms with Crippen LogP contribution in [0, 0.1) is 0 Å². The van der Waals surface area contributed by atoms with Gasteiger partial charge >= 0.3 is 0 Å². The molecule has 1 unspecified atom stereocenters. The highest BCUT2D eigenvalue weighted by molar-refractivity contribution is 5.78. The van der Waals surface area contributed by atoms with Gasteiger partial charge in [0.1, 0.15) is 5.76 Å². The summed E-state index contributed by atoms with van der Waals surface area (Å²) in [6, 6.07) is 4.32. The number of hydrogen-bond donors (Lipinski definition) is 1. The highest BCUT2D eigenvalue weighted by Gasteiger charge is 2.19. The second kappa shape index (κ2) is 6.75. The van der Waals surface area contributed by atoms with E-state index in [2.05, 4.69) is 5.32 Å². The normalized spacial score (nSPS) is 18.5. The number of hydrogen-bond acceptors (Lipinski definition) is 3. The van der Waals surface area contributed by atoms with E-state index >= 15 is 0 Å². The summed E-state index contributed by atoms with van der Waals surface area (Å²) < 4.78 is 5.37. The van der Waals surface area contributed by atoms with Crippen molar-refractivity contribution >= 4 is 5.91 Å². The average Bonchev–Trinajstić information content (AvgIpc) is 2.92. The van der Waals surface area contributed by atoms with Crippen LogP contribution in [0.4, 0.5) is 0 Å². The standard InChI is InChI=1S/C15H24N2O2/c1-12(14-9-6-10-19-14)17(2)11-15(18)16-13-7-4-3-5-8-13/h6,9-10,12-13H,3-5,7-8,11H2,1-2H3,(H,16,18). The summed E-state index contributed by atoms with van der Waals surface area (Å²) >= 11 is 0. The molecule has 1 amide bonds. The summed E-state index contributed by atoms with van der Waals surface area (Å²) in [6.45, 7) is 2.46. The summed E-state index contributed by atoms with van der Waals surface area (Å²) in [6.07, 6.45) is 7.71. The molecule has 0 aliphatic heterocycles. The zero-order valence-corrected chi connectivity index (χ0v) is 11.9. The van der Waals surface area contributed by atoms with Gasteiger partial charge < -0.3 is 9.73 Å². The van der Waals surface area contributed by atoms with E-state index in [0.29, 0.717) is 12.6 Å². The minimum atomic E-state index is 0.118. The van der Waals surface area contributed by atoms with Crippen molar-refractivity contribution in [1.29, 1.82) is 0 Å². The monoisotopic (exact) mass is 264 g/mol. The quantitative estimate of drug-likeness (QED) is 0.889. The van der Waals surface area contributed by atoms with Gasteiger partial charge in [-0.25, -0.2) is 0 Å². The van der Waals surface area contributed by atoms with E-state index in [1.54, 1.807) is 6.26 Å². The fourth-order valence-electron chi connectivity index (χ4n) is 2.63. The van der Waals surface area contributed by atoms with E-state index in [9.17, 15) is 4.79 Å². The van der Waals surface area contributed by atoms with E-state index in [1.165, 1.54) is 19.3 Å². The molecule has 1 saturated carbocycles. The topological polar surface area (TPSA) is 45.5 Å². The Kier molecular flexibility index (Phi) is 5.02. The lowest BCUT2D eigenvalue weighted by molar-refractivity contribution is -0.123. The lowest BCUT2D eigenvalue weighted by atomic mass is 9.95. The first-order valence-corrected chi connectivity index (χ1v) is 7.20. The van der Waals surface area contributed by atoms with Crippen LogP contribution in [0.25, 0.3) is 0 Å². The predicted molar refractivity (Wildman–Crippen MR) is 74.8 cm³/mol. The van der Waals surface area contributed by atoms with Crippen molar-refractivity contribution in [3.05, 3.63) is 24.2 Å². The van der Waals surface area contributed by atoms with E-state index < -0.39 is 0 Å². The van der Waals surface area contributed by atoms with Crippen molar-refractivity contribution in [2.24, 2.45) is 0 Å². The van der Waals surface area contributed by atoms with Crippen LogP contribution >= 0.6 is 0 Å². The van der Waals surface area contributed by atoms with Crippen LogP contribution in [0.2, 0.25) is 0 Å². The molecule has 1 aromatic rings. The van der Waals surface area contributed by atoms with Crippen molar-refractivity contribution in [1.82, 2.24) is 10.2 Å². The summed E-state index contributed by atoms with van der Waals surface area (Å²) in [5.41, 5.74) is 0. The molecule has 0 radical (unpaired) electrons. The van der Waals surface area contributed by atoms with Gasteiger partial charge in [-0.3, -0.25) is 9.69 Å². The second-order valence-electron chi connectivity index (χ2n) is 5.51. The molecule has 2 rings (SSSR count). The Bertz CT molecular complexity index is 383. The third kappa shape index (κ3) is 4.10. The van der Waals surface area contributed by atoms with Crippen LogP contribution in [0.5, 0.6) is 0 Å². The number of furan rings is 1. The van der Waals surface area contributed by atoms with E-state index in [-0.39, 0.29) is 11.9 Å². The van der Waals surface area contributed by atoms with Crippen LogP contribution in [0.3, 0.4) is 0 Å². The Labute approximate surface area is 115 Å². The van der Waals surface area contributed by atoms with Crippen LogP contribution in [-0.4, -0.2) is 30.4 Å². The summed E-state index contributed by atoms with van der Waals surface area (Å²) in [5, 5.41) is 3.14. The molecule has 0 aromatic carbocycles. The fourth-order valence-corrected chi connectivity index (χ4v) is 2.63. The van der Waals surface area contributed by atoms with Gasteiger partial charge in [-0.15, -0.1) is 0 Å². The molecule has 1 aliphatic rings. The van der Waals surface area contributed by atoms with Crippen molar-refractivity contribution < 1.29 is 9.21 Å². The van der Waals surface area contributed by atoms with Gasteiger partial charge in [0, 0.05) is 6.04 Å². The number of carbonyl (C=O) groups excluding carboxylic acids is 1. The Hall–Kier alpha value is -1.29. The molecule has 1 fully saturated rings. The smallest absolute Gasteiger partial charge is 0.234 e. The maximum absolute atomic E-state index is 12.0. The van der Waals surface area contributed by atoms with Crippen molar-refractivity contribution in [3.8, 4) is 0 Å². The highest BCUT2D eigenvalue weighted by atomic mass is 16.3. The maximum atomic E-state index is 12.0. The van der Waals surface area contributed by atoms with Gasteiger partial charge in [0.05, 0.1) is 18.8 Å². The summed E-state index contributed by atoms with van der Waals surface area (Å²) in [7, 11) is 1.95. The van der Waals surface area contributed by atoms with Gasteiger partial charge in [0.25, 0.3) is 0 Å². The summed E-state index contributed by atoms with van der Waals surface area (Å²) in [5.74, 6) is 1.01. The third-order valence-electron chi connectivity index (χ3n) is 3.98. The number of rotatable bonds is 5.